The molecule has 2 N–H and O–H groups in total. The number of carboxylic acid groups (broad SMARTS) is 1. The number of benzene rings is 2. The van der Waals surface area contributed by atoms with Crippen LogP contribution in [0.3, 0.4) is 0 Å². The van der Waals surface area contributed by atoms with Crippen molar-refractivity contribution in [3.05, 3.63) is 68.5 Å². The van der Waals surface area contributed by atoms with E-state index in [1.165, 1.54) is 12.1 Å². The molecule has 2 aromatic carbocycles. The predicted octanol–water partition coefficient (Wildman–Crippen LogP) is 4.33. The molecule has 3 rings (SSSR count). The van der Waals surface area contributed by atoms with Crippen LogP contribution >= 0.6 is 22.6 Å². The number of carbonyl (C=O) groups is 2. The molecule has 1 atom stereocenters. The first-order chi connectivity index (χ1) is 12.5. The number of halogens is 2. The Kier molecular flexibility index (Phi) is 5.90. The molecule has 0 heterocycles. The summed E-state index contributed by atoms with van der Waals surface area (Å²) in [5.41, 5.74) is 1.40. The van der Waals surface area contributed by atoms with Gasteiger partial charge < -0.3 is 10.4 Å². The molecule has 1 aliphatic rings. The molecular formula is C20H19FINO3. The Morgan fingerprint density at radius 1 is 1.23 bits per heavy atom. The Morgan fingerprint density at radius 2 is 1.96 bits per heavy atom. The van der Waals surface area contributed by atoms with Crippen LogP contribution in [0.25, 0.3) is 0 Å². The van der Waals surface area contributed by atoms with Gasteiger partial charge in [0.15, 0.2) is 0 Å². The van der Waals surface area contributed by atoms with Crippen molar-refractivity contribution in [3.8, 4) is 0 Å². The van der Waals surface area contributed by atoms with E-state index in [0.717, 1.165) is 24.8 Å². The topological polar surface area (TPSA) is 66.4 Å². The fraction of sp³-hybridized carbons (Fsp3) is 0.300. The maximum absolute atomic E-state index is 13.6. The van der Waals surface area contributed by atoms with Crippen molar-refractivity contribution < 1.29 is 19.1 Å². The maximum atomic E-state index is 13.6. The van der Waals surface area contributed by atoms with Crippen LogP contribution in [0, 0.1) is 15.3 Å². The third-order valence-corrected chi connectivity index (χ3v) is 5.71. The van der Waals surface area contributed by atoms with E-state index in [1.54, 1.807) is 24.3 Å². The molecule has 2 aromatic rings. The number of rotatable bonds is 6. The average Bonchev–Trinajstić information content (AvgIpc) is 2.52. The van der Waals surface area contributed by atoms with Gasteiger partial charge in [-0.3, -0.25) is 4.79 Å². The Bertz CT molecular complexity index is 836. The molecule has 6 heteroatoms. The quantitative estimate of drug-likeness (QED) is 0.622. The smallest absolute Gasteiger partial charge is 0.337 e. The third kappa shape index (κ3) is 4.23. The molecule has 136 valence electrons. The number of hydrogen-bond donors (Lipinski definition) is 2. The highest BCUT2D eigenvalue weighted by molar-refractivity contribution is 14.1. The average molecular weight is 467 g/mol. The largest absolute Gasteiger partial charge is 0.478 e. The van der Waals surface area contributed by atoms with Crippen molar-refractivity contribution in [2.45, 2.75) is 31.7 Å². The van der Waals surface area contributed by atoms with Crippen molar-refractivity contribution in [1.82, 2.24) is 5.32 Å². The Hall–Kier alpha value is -1.96. The first kappa shape index (κ1) is 18.8. The van der Waals surface area contributed by atoms with Gasteiger partial charge in [-0.25, -0.2) is 9.18 Å². The van der Waals surface area contributed by atoms with Crippen LogP contribution in [0.15, 0.2) is 42.5 Å². The van der Waals surface area contributed by atoms with E-state index in [9.17, 15) is 19.1 Å². The van der Waals surface area contributed by atoms with Crippen molar-refractivity contribution >= 4 is 34.5 Å². The number of carbonyl (C=O) groups excluding carboxylic acids is 1. The lowest BCUT2D eigenvalue weighted by Gasteiger charge is -2.34. The minimum Gasteiger partial charge on any atom is -0.478 e. The normalized spacial score (nSPS) is 15.2. The highest BCUT2D eigenvalue weighted by Crippen LogP contribution is 2.38. The summed E-state index contributed by atoms with van der Waals surface area (Å²) in [6.07, 6.45) is 3.07. The lowest BCUT2D eigenvalue weighted by molar-refractivity contribution is -0.121. The fourth-order valence-electron chi connectivity index (χ4n) is 3.30. The number of carboxylic acids is 1. The fourth-order valence-corrected chi connectivity index (χ4v) is 4.08. The molecule has 0 bridgehead atoms. The van der Waals surface area contributed by atoms with Crippen LogP contribution in [-0.4, -0.2) is 17.0 Å². The van der Waals surface area contributed by atoms with Gasteiger partial charge in [0, 0.05) is 3.57 Å². The lowest BCUT2D eigenvalue weighted by Crippen LogP contribution is -2.37. The van der Waals surface area contributed by atoms with E-state index in [4.69, 9.17) is 0 Å². The Morgan fingerprint density at radius 3 is 2.58 bits per heavy atom. The second kappa shape index (κ2) is 8.16. The van der Waals surface area contributed by atoms with Gasteiger partial charge >= 0.3 is 5.97 Å². The molecular weight excluding hydrogens is 448 g/mol. The molecule has 4 nitrogen and oxygen atoms in total. The molecule has 0 radical (unpaired) electrons. The Balaban J connectivity index is 1.79. The van der Waals surface area contributed by atoms with Gasteiger partial charge in [0.05, 0.1) is 18.0 Å². The minimum atomic E-state index is -1.04. The van der Waals surface area contributed by atoms with Crippen molar-refractivity contribution in [2.75, 3.05) is 0 Å². The van der Waals surface area contributed by atoms with E-state index in [1.807, 2.05) is 28.7 Å². The molecule has 0 unspecified atom stereocenters. The molecule has 0 saturated heterocycles. The van der Waals surface area contributed by atoms with E-state index in [0.29, 0.717) is 9.13 Å². The van der Waals surface area contributed by atoms with Gasteiger partial charge in [-0.1, -0.05) is 30.7 Å². The van der Waals surface area contributed by atoms with Gasteiger partial charge in [-0.2, -0.15) is 0 Å². The van der Waals surface area contributed by atoms with E-state index >= 15 is 0 Å². The summed E-state index contributed by atoms with van der Waals surface area (Å²) in [5.74, 6) is -1.34. The SMILES string of the molecule is O=C(Cc1cccc(I)c1C(=O)O)N[C@H](c1cccc(F)c1)C1CCC1. The number of nitrogens with one attached hydrogen (secondary N) is 1. The van der Waals surface area contributed by atoms with Gasteiger partial charge in [0.2, 0.25) is 5.91 Å². The van der Waals surface area contributed by atoms with Crippen LogP contribution < -0.4 is 5.32 Å². The maximum Gasteiger partial charge on any atom is 0.337 e. The highest BCUT2D eigenvalue weighted by Gasteiger charge is 2.30. The minimum absolute atomic E-state index is 0.0169. The summed E-state index contributed by atoms with van der Waals surface area (Å²) in [4.78, 5) is 24.1. The second-order valence-electron chi connectivity index (χ2n) is 6.55. The molecule has 1 saturated carbocycles. The summed E-state index contributed by atoms with van der Waals surface area (Å²) in [6, 6.07) is 11.2. The molecule has 1 fully saturated rings. The summed E-state index contributed by atoms with van der Waals surface area (Å²) in [6.45, 7) is 0. The molecule has 26 heavy (non-hydrogen) atoms. The van der Waals surface area contributed by atoms with Crippen molar-refractivity contribution in [1.29, 1.82) is 0 Å². The van der Waals surface area contributed by atoms with Crippen molar-refractivity contribution in [3.63, 3.8) is 0 Å². The van der Waals surface area contributed by atoms with Crippen molar-refractivity contribution in [2.24, 2.45) is 5.92 Å². The molecule has 0 aliphatic heterocycles. The zero-order valence-electron chi connectivity index (χ0n) is 14.0. The second-order valence-corrected chi connectivity index (χ2v) is 7.71. The standard InChI is InChI=1S/C20H19FINO3/c21-15-8-2-7-14(10-15)19(12-4-1-5-12)23-17(24)11-13-6-3-9-16(22)18(13)20(25)26/h2-3,6-10,12,19H,1,4-5,11H2,(H,23,24)(H,25,26)/t19-/m0/s1. The summed E-state index contributed by atoms with van der Waals surface area (Å²) < 4.78 is 14.2. The van der Waals surface area contributed by atoms with E-state index in [2.05, 4.69) is 5.32 Å². The molecule has 1 amide bonds. The van der Waals surface area contributed by atoms with Crippen LogP contribution in [0.5, 0.6) is 0 Å². The van der Waals surface area contributed by atoms with Crippen LogP contribution in [0.2, 0.25) is 0 Å². The summed E-state index contributed by atoms with van der Waals surface area (Å²) in [7, 11) is 0. The lowest BCUT2D eigenvalue weighted by atomic mass is 9.77. The zero-order valence-corrected chi connectivity index (χ0v) is 16.2. The van der Waals surface area contributed by atoms with Crippen LogP contribution in [0.4, 0.5) is 4.39 Å². The molecule has 0 spiro atoms. The van der Waals surface area contributed by atoms with Gasteiger partial charge in [-0.15, -0.1) is 0 Å². The monoisotopic (exact) mass is 467 g/mol. The predicted molar refractivity (Wildman–Crippen MR) is 104 cm³/mol. The van der Waals surface area contributed by atoms with E-state index in [-0.39, 0.29) is 35.7 Å². The molecule has 1 aliphatic carbocycles. The first-order valence-electron chi connectivity index (χ1n) is 8.51. The number of hydrogen-bond acceptors (Lipinski definition) is 2. The highest BCUT2D eigenvalue weighted by atomic mass is 127. The number of aromatic carboxylic acids is 1. The summed E-state index contributed by atoms with van der Waals surface area (Å²) in [5, 5.41) is 12.4. The molecule has 0 aromatic heterocycles. The zero-order chi connectivity index (χ0) is 18.7. The third-order valence-electron chi connectivity index (χ3n) is 4.81. The van der Waals surface area contributed by atoms with Crippen LogP contribution in [-0.2, 0) is 11.2 Å². The summed E-state index contributed by atoms with van der Waals surface area (Å²) >= 11 is 1.96. The van der Waals surface area contributed by atoms with E-state index < -0.39 is 5.97 Å². The Labute approximate surface area is 164 Å². The van der Waals surface area contributed by atoms with Crippen LogP contribution in [0.1, 0.15) is 46.8 Å². The van der Waals surface area contributed by atoms with Gasteiger partial charge in [0.1, 0.15) is 5.82 Å². The number of amides is 1. The van der Waals surface area contributed by atoms with Gasteiger partial charge in [-0.05, 0) is 70.7 Å². The van der Waals surface area contributed by atoms with Gasteiger partial charge in [0.25, 0.3) is 0 Å². The first-order valence-corrected chi connectivity index (χ1v) is 9.59.